The number of phenolic OH excluding ortho intramolecular Hbond substituents is 1. The highest BCUT2D eigenvalue weighted by Crippen LogP contribution is 2.27. The van der Waals surface area contributed by atoms with Crippen molar-refractivity contribution < 1.29 is 87.4 Å². The zero-order valence-electron chi connectivity index (χ0n) is 53.4. The molecular weight excluding hydrogens is 1290 g/mol. The molecule has 3 heterocycles. The summed E-state index contributed by atoms with van der Waals surface area (Å²) in [5, 5.41) is 61.2. The molecule has 33 nitrogen and oxygen atoms in total. The summed E-state index contributed by atoms with van der Waals surface area (Å²) in [6, 6.07) is 1.91. The first-order valence-electron chi connectivity index (χ1n) is 31.7. The number of likely N-dealkylation sites (tertiary alicyclic amines) is 1. The van der Waals surface area contributed by atoms with Crippen LogP contribution in [0.3, 0.4) is 0 Å². The van der Waals surface area contributed by atoms with E-state index in [1.807, 2.05) is 0 Å². The van der Waals surface area contributed by atoms with E-state index in [9.17, 15) is 78.0 Å². The second-order valence-corrected chi connectivity index (χ2v) is 26.1. The molecule has 0 spiro atoms. The van der Waals surface area contributed by atoms with Crippen molar-refractivity contribution in [3.8, 4) is 5.75 Å². The summed E-state index contributed by atoms with van der Waals surface area (Å²) in [6.45, 7) is 1.19. The molecule has 96 heavy (non-hydrogen) atoms. The summed E-state index contributed by atoms with van der Waals surface area (Å²) >= 11 is 0. The lowest BCUT2D eigenvalue weighted by Crippen LogP contribution is -2.61. The van der Waals surface area contributed by atoms with Gasteiger partial charge in [-0.2, -0.15) is 0 Å². The van der Waals surface area contributed by atoms with Gasteiger partial charge in [0, 0.05) is 56.9 Å². The van der Waals surface area contributed by atoms with Crippen LogP contribution in [0.4, 0.5) is 0 Å². The third-order valence-electron chi connectivity index (χ3n) is 15.8. The van der Waals surface area contributed by atoms with Gasteiger partial charge in [0.25, 0.3) is 0 Å². The van der Waals surface area contributed by atoms with Crippen molar-refractivity contribution in [2.24, 2.45) is 33.7 Å². The van der Waals surface area contributed by atoms with Gasteiger partial charge in [-0.15, -0.1) is 0 Å². The molecular formula is C61H91N15O18S2. The van der Waals surface area contributed by atoms with Crippen LogP contribution in [0.15, 0.2) is 59.6 Å². The van der Waals surface area contributed by atoms with E-state index in [-0.39, 0.29) is 87.9 Å². The maximum atomic E-state index is 15.0. The largest absolute Gasteiger partial charge is 0.508 e. The number of aliphatic hydroxyl groups is 3. The van der Waals surface area contributed by atoms with Crippen LogP contribution in [0.5, 0.6) is 5.75 Å². The average molecular weight is 1390 g/mol. The Hall–Kier alpha value is -8.35. The average Bonchev–Trinajstić information content (AvgIpc) is 1.24. The Labute approximate surface area is 562 Å². The molecule has 3 unspecified atom stereocenters. The summed E-state index contributed by atoms with van der Waals surface area (Å²) in [7, 11) is 1.89. The summed E-state index contributed by atoms with van der Waals surface area (Å²) in [5.74, 6) is -11.9. The number of nitrogens with two attached hydrogens (primary N) is 5. The predicted octanol–water partition coefficient (Wildman–Crippen LogP) is -4.67. The Balaban J connectivity index is 1.46. The fourth-order valence-electron chi connectivity index (χ4n) is 10.6. The lowest BCUT2D eigenvalue weighted by Gasteiger charge is -2.38. The molecule has 2 aromatic carbocycles. The van der Waals surface area contributed by atoms with Crippen LogP contribution in [0.2, 0.25) is 0 Å². The SMILES string of the molecule is C[C@H]1O[C@@H](OCCCCCCCCC(=O)NC2CSSC[C@@H](C(=O)N3CCC[C@H]3C(=O)N[C@@H](CCCN=C(N)N)C(=O)NCC(N)=O)NC(=O)C(CC(N)=O)NC(=O)[C@H](CCC(N)=O)NC(=O)[C@H](Cc3ccccc3)NC(=O)C(Cc3ccc(O)cc3)NC2=O)[C@H](O)[C@@H](O)[C@H]1O. The van der Waals surface area contributed by atoms with Crippen LogP contribution in [0.1, 0.15) is 108 Å². The summed E-state index contributed by atoms with van der Waals surface area (Å²) in [4.78, 5) is 171. The van der Waals surface area contributed by atoms with Crippen LogP contribution in [-0.4, -0.2) is 219 Å². The molecule has 5 rings (SSSR count). The minimum Gasteiger partial charge on any atom is -0.508 e. The second kappa shape index (κ2) is 40.3. The number of nitrogens with one attached hydrogen (secondary N) is 8. The molecule has 530 valence electrons. The lowest BCUT2D eigenvalue weighted by molar-refractivity contribution is -0.293. The quantitative estimate of drug-likeness (QED) is 0.0151. The Kier molecular flexibility index (Phi) is 32.9. The standard InChI is InChI=1S/C61H91N15O18S2/c1-33-49(82)50(83)51(84)60(94-33)93-26-10-5-3-2-4-9-17-48(81)69-42-31-95-96-32-43(59(92)76-25-12-16-44(76)58(91)71-37(15-11-24-67-61(65)66)52(85)68-30-47(64)80)75-56(89)41(29-46(63)79)74-53(86)38(22-23-45(62)78)70-54(87)39(27-34-13-7-6-8-14-34)72-55(88)40(73-57(42)90)28-35-18-20-36(77)21-19-35/h6-8,13-14,18-21,33,37-44,49-51,60,77,82-84H,2-5,9-12,15-17,22-32H2,1H3,(H2,62,78)(H2,63,79)(H2,64,80)(H,68,85)(H,69,81)(H,70,87)(H,71,91)(H,72,88)(H,73,90)(H,74,86)(H,75,89)(H4,65,66,67)/t33-,37+,38+,39+,40?,41?,42?,43+,44+,49+,50+,51-,60-/m1/s1. The van der Waals surface area contributed by atoms with Gasteiger partial charge >= 0.3 is 0 Å². The number of hydrogen-bond donors (Lipinski definition) is 17. The van der Waals surface area contributed by atoms with E-state index in [2.05, 4.69) is 47.5 Å². The van der Waals surface area contributed by atoms with Gasteiger partial charge in [-0.3, -0.25) is 62.5 Å². The molecule has 35 heteroatoms. The minimum absolute atomic E-state index is 0.0367. The lowest BCUT2D eigenvalue weighted by atomic mass is 10.00. The second-order valence-electron chi connectivity index (χ2n) is 23.5. The molecule has 2 aromatic rings. The van der Waals surface area contributed by atoms with E-state index in [1.54, 1.807) is 37.3 Å². The number of unbranched alkanes of at least 4 members (excludes halogenated alkanes) is 5. The van der Waals surface area contributed by atoms with Gasteiger partial charge in [0.05, 0.1) is 19.1 Å². The molecule has 22 N–H and O–H groups in total. The van der Waals surface area contributed by atoms with Crippen molar-refractivity contribution in [2.75, 3.05) is 37.7 Å². The highest BCUT2D eigenvalue weighted by atomic mass is 33.1. The number of aliphatic hydroxyl groups excluding tert-OH is 3. The van der Waals surface area contributed by atoms with Gasteiger partial charge in [0.2, 0.25) is 70.9 Å². The topological polar surface area (TPSA) is 546 Å². The number of aromatic hydroxyl groups is 1. The number of amides is 12. The van der Waals surface area contributed by atoms with Crippen molar-refractivity contribution in [2.45, 2.75) is 189 Å². The van der Waals surface area contributed by atoms with Crippen LogP contribution in [0, 0.1) is 0 Å². The first-order valence-corrected chi connectivity index (χ1v) is 34.2. The number of benzene rings is 2. The van der Waals surface area contributed by atoms with Crippen molar-refractivity contribution in [1.29, 1.82) is 0 Å². The monoisotopic (exact) mass is 1390 g/mol. The molecule has 3 fully saturated rings. The van der Waals surface area contributed by atoms with Crippen LogP contribution in [0.25, 0.3) is 0 Å². The Morgan fingerprint density at radius 3 is 1.92 bits per heavy atom. The molecule has 12 amide bonds. The highest BCUT2D eigenvalue weighted by Gasteiger charge is 2.43. The Morgan fingerprint density at radius 1 is 0.677 bits per heavy atom. The summed E-state index contributed by atoms with van der Waals surface area (Å²) < 4.78 is 11.1. The molecule has 0 saturated carbocycles. The number of hydrogen-bond acceptors (Lipinski definition) is 21. The van der Waals surface area contributed by atoms with Crippen molar-refractivity contribution in [1.82, 2.24) is 47.4 Å². The molecule has 3 saturated heterocycles. The third-order valence-corrected chi connectivity index (χ3v) is 18.3. The number of ether oxygens (including phenoxy) is 2. The number of aliphatic imine (C=N–C) groups is 1. The van der Waals surface area contributed by atoms with Gasteiger partial charge < -0.3 is 106 Å². The highest BCUT2D eigenvalue weighted by molar-refractivity contribution is 8.76. The van der Waals surface area contributed by atoms with Crippen LogP contribution in [-0.2, 0) is 79.8 Å². The van der Waals surface area contributed by atoms with E-state index < -0.39 is 176 Å². The Morgan fingerprint density at radius 2 is 1.27 bits per heavy atom. The van der Waals surface area contributed by atoms with Crippen molar-refractivity contribution in [3.05, 3.63) is 65.7 Å². The predicted molar refractivity (Wildman–Crippen MR) is 350 cm³/mol. The molecule has 3 aliphatic rings. The maximum Gasteiger partial charge on any atom is 0.246 e. The van der Waals surface area contributed by atoms with Gasteiger partial charge in [0.15, 0.2) is 12.2 Å². The summed E-state index contributed by atoms with van der Waals surface area (Å²) in [6.07, 6.45) is -4.18. The van der Waals surface area contributed by atoms with Crippen LogP contribution >= 0.6 is 21.6 Å². The van der Waals surface area contributed by atoms with Crippen molar-refractivity contribution in [3.63, 3.8) is 0 Å². The van der Waals surface area contributed by atoms with Gasteiger partial charge in [-0.05, 0) is 75.1 Å². The van der Waals surface area contributed by atoms with Crippen LogP contribution < -0.4 is 71.2 Å². The van der Waals surface area contributed by atoms with Crippen molar-refractivity contribution >= 4 is 98.4 Å². The fraction of sp³-hybridized carbons (Fsp3) is 0.590. The van der Waals surface area contributed by atoms with E-state index in [0.717, 1.165) is 32.9 Å². The number of nitrogens with zero attached hydrogens (tertiary/aromatic N) is 2. The van der Waals surface area contributed by atoms with E-state index >= 15 is 0 Å². The molecule has 0 bridgehead atoms. The first kappa shape index (κ1) is 78.3. The molecule has 3 aliphatic heterocycles. The number of rotatable bonds is 30. The Bertz CT molecular complexity index is 3010. The van der Waals surface area contributed by atoms with E-state index in [1.165, 1.54) is 24.3 Å². The summed E-state index contributed by atoms with van der Waals surface area (Å²) in [5.41, 5.74) is 28.3. The zero-order valence-corrected chi connectivity index (χ0v) is 55.0. The minimum atomic E-state index is -1.86. The number of carbonyl (C=O) groups excluding carboxylic acids is 12. The normalized spacial score (nSPS) is 25.0. The number of primary amides is 3. The zero-order chi connectivity index (χ0) is 70.4. The van der Waals surface area contributed by atoms with Gasteiger partial charge in [0.1, 0.15) is 72.4 Å². The molecule has 0 aliphatic carbocycles. The van der Waals surface area contributed by atoms with E-state index in [0.29, 0.717) is 43.2 Å². The fourth-order valence-corrected chi connectivity index (χ4v) is 12.9. The van der Waals surface area contributed by atoms with E-state index in [4.69, 9.17) is 38.1 Å². The smallest absolute Gasteiger partial charge is 0.246 e. The number of phenols is 1. The molecule has 0 aromatic heterocycles. The maximum absolute atomic E-state index is 15.0. The van der Waals surface area contributed by atoms with Gasteiger partial charge in [-0.1, -0.05) is 89.7 Å². The molecule has 0 radical (unpaired) electrons. The van der Waals surface area contributed by atoms with Gasteiger partial charge in [-0.25, -0.2) is 0 Å². The first-order chi connectivity index (χ1) is 45.7. The molecule has 13 atom stereocenters. The third kappa shape index (κ3) is 26.7. The number of guanidine groups is 1. The number of carbonyl (C=O) groups is 12.